The molecule has 3 aromatic heterocycles. The van der Waals surface area contributed by atoms with Crippen LogP contribution >= 0.6 is 11.6 Å². The predicted molar refractivity (Wildman–Crippen MR) is 114 cm³/mol. The molecule has 3 heterocycles. The topological polar surface area (TPSA) is 42.5 Å². The van der Waals surface area contributed by atoms with Crippen molar-refractivity contribution in [3.63, 3.8) is 0 Å². The van der Waals surface area contributed by atoms with Crippen LogP contribution < -0.4 is 5.32 Å². The van der Waals surface area contributed by atoms with Crippen LogP contribution in [0.3, 0.4) is 0 Å². The normalized spacial score (nSPS) is 11.4. The molecule has 4 nitrogen and oxygen atoms in total. The maximum Gasteiger partial charge on any atom is 0.157 e. The Labute approximate surface area is 171 Å². The molecule has 0 fully saturated rings. The van der Waals surface area contributed by atoms with E-state index in [9.17, 15) is 4.39 Å². The summed E-state index contributed by atoms with van der Waals surface area (Å²) < 4.78 is 21.6. The van der Waals surface area contributed by atoms with Gasteiger partial charge in [0.1, 0.15) is 28.6 Å². The third kappa shape index (κ3) is 3.13. The number of nitrogens with zero attached hydrogens (tertiary/aromatic N) is 2. The quantitative estimate of drug-likeness (QED) is 0.355. The summed E-state index contributed by atoms with van der Waals surface area (Å²) >= 11 is 5.97. The number of aryl methyl sites for hydroxylation is 1. The van der Waals surface area contributed by atoms with E-state index in [1.807, 2.05) is 40.9 Å². The van der Waals surface area contributed by atoms with Gasteiger partial charge in [0.2, 0.25) is 0 Å². The first-order valence-electron chi connectivity index (χ1n) is 9.34. The van der Waals surface area contributed by atoms with Crippen LogP contribution in [0, 0.1) is 5.82 Å². The van der Waals surface area contributed by atoms with Crippen LogP contribution in [0.5, 0.6) is 0 Å². The van der Waals surface area contributed by atoms with Crippen molar-refractivity contribution in [1.29, 1.82) is 0 Å². The molecule has 0 unspecified atom stereocenters. The molecule has 0 radical (unpaired) electrons. The molecule has 5 rings (SSSR count). The maximum atomic E-state index is 13.6. The zero-order valence-electron chi connectivity index (χ0n) is 15.6. The van der Waals surface area contributed by atoms with Gasteiger partial charge in [-0.3, -0.25) is 4.40 Å². The number of rotatable bonds is 4. The van der Waals surface area contributed by atoms with Gasteiger partial charge in [0.15, 0.2) is 5.76 Å². The average molecular weight is 406 g/mol. The molecule has 0 spiro atoms. The van der Waals surface area contributed by atoms with E-state index < -0.39 is 5.82 Å². The van der Waals surface area contributed by atoms with Gasteiger partial charge in [-0.15, -0.1) is 0 Å². The van der Waals surface area contributed by atoms with Crippen LogP contribution in [0.1, 0.15) is 12.5 Å². The molecule has 2 aromatic carbocycles. The summed E-state index contributed by atoms with van der Waals surface area (Å²) in [6, 6.07) is 18.4. The van der Waals surface area contributed by atoms with Gasteiger partial charge < -0.3 is 9.73 Å². The Kier molecular flexibility index (Phi) is 4.25. The van der Waals surface area contributed by atoms with Crippen molar-refractivity contribution in [2.24, 2.45) is 0 Å². The second kappa shape index (κ2) is 6.94. The number of hydrogen-bond acceptors (Lipinski definition) is 3. The third-order valence-corrected chi connectivity index (χ3v) is 5.23. The van der Waals surface area contributed by atoms with Crippen LogP contribution in [0.15, 0.2) is 71.3 Å². The number of aromatic nitrogens is 2. The molecule has 1 N–H and O–H groups in total. The Hall–Kier alpha value is -3.31. The SMILES string of the molecule is CCc1ccn2c(Nc3ccc(F)c(Cl)c3)c(-c3cc4ccccc4o3)nc2c1. The highest BCUT2D eigenvalue weighted by Gasteiger charge is 2.18. The first-order chi connectivity index (χ1) is 14.1. The van der Waals surface area contributed by atoms with Crippen molar-refractivity contribution in [3.8, 4) is 11.5 Å². The van der Waals surface area contributed by atoms with E-state index in [-0.39, 0.29) is 5.02 Å². The molecule has 0 saturated heterocycles. The lowest BCUT2D eigenvalue weighted by molar-refractivity contribution is 0.628. The molecule has 0 amide bonds. The van der Waals surface area contributed by atoms with E-state index in [1.165, 1.54) is 11.6 Å². The molecular formula is C23H17ClFN3O. The zero-order chi connectivity index (χ0) is 20.0. The minimum atomic E-state index is -0.458. The molecule has 6 heteroatoms. The van der Waals surface area contributed by atoms with Crippen molar-refractivity contribution in [1.82, 2.24) is 9.38 Å². The lowest BCUT2D eigenvalue weighted by Crippen LogP contribution is -1.97. The number of halogens is 2. The Balaban J connectivity index is 1.70. The van der Waals surface area contributed by atoms with E-state index >= 15 is 0 Å². The number of benzene rings is 2. The van der Waals surface area contributed by atoms with Gasteiger partial charge >= 0.3 is 0 Å². The zero-order valence-corrected chi connectivity index (χ0v) is 16.4. The number of imidazole rings is 1. The van der Waals surface area contributed by atoms with Crippen molar-refractivity contribution in [2.75, 3.05) is 5.32 Å². The Morgan fingerprint density at radius 2 is 1.97 bits per heavy atom. The molecular weight excluding hydrogens is 389 g/mol. The van der Waals surface area contributed by atoms with E-state index in [1.54, 1.807) is 12.1 Å². The molecule has 0 bridgehead atoms. The van der Waals surface area contributed by atoms with Crippen LogP contribution in [-0.4, -0.2) is 9.38 Å². The second-order valence-electron chi connectivity index (χ2n) is 6.83. The van der Waals surface area contributed by atoms with Crippen LogP contribution in [0.25, 0.3) is 28.1 Å². The highest BCUT2D eigenvalue weighted by atomic mass is 35.5. The molecule has 0 saturated carbocycles. The van der Waals surface area contributed by atoms with Gasteiger partial charge in [-0.25, -0.2) is 9.37 Å². The van der Waals surface area contributed by atoms with Crippen molar-refractivity contribution in [3.05, 3.63) is 83.3 Å². The summed E-state index contributed by atoms with van der Waals surface area (Å²) in [6.07, 6.45) is 2.89. The molecule has 0 aliphatic rings. The molecule has 5 aromatic rings. The number of para-hydroxylation sites is 1. The number of nitrogens with one attached hydrogen (secondary N) is 1. The predicted octanol–water partition coefficient (Wildman–Crippen LogP) is 6.85. The number of furan rings is 1. The average Bonchev–Trinajstić information content (AvgIpc) is 3.31. The third-order valence-electron chi connectivity index (χ3n) is 4.94. The molecule has 144 valence electrons. The fourth-order valence-electron chi connectivity index (χ4n) is 3.41. The minimum Gasteiger partial charge on any atom is -0.454 e. The lowest BCUT2D eigenvalue weighted by Gasteiger charge is -2.09. The fraction of sp³-hybridized carbons (Fsp3) is 0.0870. The Morgan fingerprint density at radius 3 is 2.76 bits per heavy atom. The number of fused-ring (bicyclic) bond motifs is 2. The van der Waals surface area contributed by atoms with Gasteiger partial charge in [-0.2, -0.15) is 0 Å². The van der Waals surface area contributed by atoms with Crippen LogP contribution in [0.2, 0.25) is 5.02 Å². The van der Waals surface area contributed by atoms with Gasteiger partial charge in [-0.1, -0.05) is 36.7 Å². The van der Waals surface area contributed by atoms with Crippen molar-refractivity contribution >= 4 is 39.7 Å². The molecule has 0 aliphatic carbocycles. The summed E-state index contributed by atoms with van der Waals surface area (Å²) in [7, 11) is 0. The standard InChI is InChI=1S/C23H17ClFN3O/c1-2-14-9-10-28-21(11-14)27-22(20-12-15-5-3-4-6-19(15)29-20)23(28)26-16-7-8-18(25)17(24)13-16/h3-13,26H,2H2,1H3. The number of pyridine rings is 1. The highest BCUT2D eigenvalue weighted by Crippen LogP contribution is 2.35. The highest BCUT2D eigenvalue weighted by molar-refractivity contribution is 6.31. The van der Waals surface area contributed by atoms with Crippen molar-refractivity contribution < 1.29 is 8.81 Å². The first-order valence-corrected chi connectivity index (χ1v) is 9.72. The summed E-state index contributed by atoms with van der Waals surface area (Å²) in [5.41, 5.74) is 4.13. The van der Waals surface area contributed by atoms with Gasteiger partial charge in [0, 0.05) is 17.3 Å². The van der Waals surface area contributed by atoms with Gasteiger partial charge in [0.05, 0.1) is 5.02 Å². The summed E-state index contributed by atoms with van der Waals surface area (Å²) in [4.78, 5) is 4.82. The Morgan fingerprint density at radius 1 is 1.10 bits per heavy atom. The van der Waals surface area contributed by atoms with E-state index in [0.29, 0.717) is 17.1 Å². The second-order valence-corrected chi connectivity index (χ2v) is 7.24. The summed E-state index contributed by atoms with van der Waals surface area (Å²) in [6.45, 7) is 2.11. The van der Waals surface area contributed by atoms with Crippen LogP contribution in [-0.2, 0) is 6.42 Å². The Bertz CT molecular complexity index is 1320. The van der Waals surface area contributed by atoms with Crippen LogP contribution in [0.4, 0.5) is 15.9 Å². The molecule has 29 heavy (non-hydrogen) atoms. The van der Waals surface area contributed by atoms with E-state index in [0.717, 1.165) is 28.9 Å². The van der Waals surface area contributed by atoms with E-state index in [4.69, 9.17) is 21.0 Å². The number of anilines is 2. The molecule has 0 aliphatic heterocycles. The number of hydrogen-bond donors (Lipinski definition) is 1. The minimum absolute atomic E-state index is 0.0578. The lowest BCUT2D eigenvalue weighted by atomic mass is 10.2. The van der Waals surface area contributed by atoms with Gasteiger partial charge in [-0.05, 0) is 54.4 Å². The fourth-order valence-corrected chi connectivity index (χ4v) is 3.59. The summed E-state index contributed by atoms with van der Waals surface area (Å²) in [5.74, 6) is 0.925. The molecule has 0 atom stereocenters. The van der Waals surface area contributed by atoms with E-state index in [2.05, 4.69) is 24.4 Å². The summed E-state index contributed by atoms with van der Waals surface area (Å²) in [5, 5.41) is 4.40. The maximum absolute atomic E-state index is 13.6. The largest absolute Gasteiger partial charge is 0.454 e. The smallest absolute Gasteiger partial charge is 0.157 e. The first kappa shape index (κ1) is 17.8. The van der Waals surface area contributed by atoms with Crippen molar-refractivity contribution in [2.45, 2.75) is 13.3 Å². The van der Waals surface area contributed by atoms with Gasteiger partial charge in [0.25, 0.3) is 0 Å². The monoisotopic (exact) mass is 405 g/mol.